The molecule has 0 saturated heterocycles. The highest BCUT2D eigenvalue weighted by molar-refractivity contribution is 6.99. The van der Waals surface area contributed by atoms with Crippen molar-refractivity contribution in [2.24, 2.45) is 0 Å². The zero-order chi connectivity index (χ0) is 26.1. The molecule has 6 aromatic carbocycles. The lowest BCUT2D eigenvalue weighted by atomic mass is 9.34. The summed E-state index contributed by atoms with van der Waals surface area (Å²) in [5, 5.41) is 2.50. The van der Waals surface area contributed by atoms with Crippen LogP contribution in [-0.4, -0.2) is 6.71 Å². The second-order valence-electron chi connectivity index (χ2n) is 10.7. The topological polar surface area (TPSA) is 12.5 Å². The van der Waals surface area contributed by atoms with E-state index in [1.54, 1.807) is 0 Å². The van der Waals surface area contributed by atoms with Crippen LogP contribution in [0.3, 0.4) is 0 Å². The minimum Gasteiger partial charge on any atom is -0.458 e. The highest BCUT2D eigenvalue weighted by atomic mass is 16.5. The summed E-state index contributed by atoms with van der Waals surface area (Å²) in [6, 6.07) is 44.0. The predicted molar refractivity (Wildman–Crippen MR) is 165 cm³/mol. The van der Waals surface area contributed by atoms with Crippen molar-refractivity contribution in [1.29, 1.82) is 0 Å². The van der Waals surface area contributed by atoms with Crippen molar-refractivity contribution in [3.05, 3.63) is 132 Å². The molecule has 2 aliphatic heterocycles. The Hall–Kier alpha value is -4.76. The Morgan fingerprint density at radius 2 is 1.38 bits per heavy atom. The van der Waals surface area contributed by atoms with Gasteiger partial charge in [0.15, 0.2) is 0 Å². The van der Waals surface area contributed by atoms with Gasteiger partial charge in [-0.2, -0.15) is 0 Å². The van der Waals surface area contributed by atoms with Crippen molar-refractivity contribution in [3.8, 4) is 22.6 Å². The predicted octanol–water partition coefficient (Wildman–Crippen LogP) is 7.53. The van der Waals surface area contributed by atoms with Crippen LogP contribution in [0.25, 0.3) is 21.9 Å². The van der Waals surface area contributed by atoms with Crippen LogP contribution in [0.2, 0.25) is 0 Å². The number of hydrogen-bond donors (Lipinski definition) is 0. The van der Waals surface area contributed by atoms with Gasteiger partial charge in [0.25, 0.3) is 6.71 Å². The van der Waals surface area contributed by atoms with Crippen molar-refractivity contribution in [3.63, 3.8) is 0 Å². The van der Waals surface area contributed by atoms with Crippen LogP contribution in [0.5, 0.6) is 11.5 Å². The molecular formula is C36H26BNO. The van der Waals surface area contributed by atoms with E-state index < -0.39 is 0 Å². The number of fused-ring (bicyclic) bond motifs is 5. The number of hydrogen-bond acceptors (Lipinski definition) is 2. The molecule has 0 bridgehead atoms. The van der Waals surface area contributed by atoms with Gasteiger partial charge in [-0.25, -0.2) is 0 Å². The Morgan fingerprint density at radius 1 is 0.590 bits per heavy atom. The SMILES string of the molecule is Cc1ccc(N2c3ccc(C)cc3B3c4ccc(-c5cccc6ccccc56)cc4Oc4cccc2c43)cc1. The van der Waals surface area contributed by atoms with Crippen molar-refractivity contribution < 1.29 is 4.74 Å². The lowest BCUT2D eigenvalue weighted by molar-refractivity contribution is 0.488. The van der Waals surface area contributed by atoms with Crippen LogP contribution in [0, 0.1) is 13.8 Å². The highest BCUT2D eigenvalue weighted by Crippen LogP contribution is 2.41. The molecule has 184 valence electrons. The number of benzene rings is 6. The second-order valence-corrected chi connectivity index (χ2v) is 10.7. The molecule has 0 saturated carbocycles. The number of aryl methyl sites for hydroxylation is 2. The van der Waals surface area contributed by atoms with Gasteiger partial charge in [0, 0.05) is 17.1 Å². The molecule has 2 nitrogen and oxygen atoms in total. The maximum absolute atomic E-state index is 6.72. The minimum absolute atomic E-state index is 0.109. The molecule has 2 heterocycles. The fourth-order valence-corrected chi connectivity index (χ4v) is 6.42. The first kappa shape index (κ1) is 22.2. The quantitative estimate of drug-likeness (QED) is 0.228. The van der Waals surface area contributed by atoms with Crippen LogP contribution in [0.15, 0.2) is 121 Å². The average molecular weight is 499 g/mol. The molecule has 0 amide bonds. The lowest BCUT2D eigenvalue weighted by Crippen LogP contribution is -2.59. The zero-order valence-electron chi connectivity index (χ0n) is 22.0. The second kappa shape index (κ2) is 8.37. The van der Waals surface area contributed by atoms with Crippen LogP contribution in [0.1, 0.15) is 11.1 Å². The summed E-state index contributed by atoms with van der Waals surface area (Å²) in [5.74, 6) is 1.87. The number of nitrogens with zero attached hydrogens (tertiary/aromatic N) is 1. The van der Waals surface area contributed by atoms with E-state index in [4.69, 9.17) is 4.74 Å². The van der Waals surface area contributed by atoms with Gasteiger partial charge in [-0.15, -0.1) is 0 Å². The molecule has 0 fully saturated rings. The number of ether oxygens (including phenoxy) is 1. The number of anilines is 3. The molecule has 0 radical (unpaired) electrons. The summed E-state index contributed by atoms with van der Waals surface area (Å²) in [4.78, 5) is 2.39. The summed E-state index contributed by atoms with van der Waals surface area (Å²) in [6.07, 6.45) is 0. The van der Waals surface area contributed by atoms with Crippen molar-refractivity contribution in [2.45, 2.75) is 13.8 Å². The first-order valence-electron chi connectivity index (χ1n) is 13.6. The average Bonchev–Trinajstić information content (AvgIpc) is 2.97. The molecule has 0 atom stereocenters. The molecule has 6 aromatic rings. The van der Waals surface area contributed by atoms with E-state index in [1.165, 1.54) is 60.8 Å². The Labute approximate surface area is 229 Å². The van der Waals surface area contributed by atoms with E-state index in [9.17, 15) is 0 Å². The molecule has 39 heavy (non-hydrogen) atoms. The summed E-state index contributed by atoms with van der Waals surface area (Å²) >= 11 is 0. The van der Waals surface area contributed by atoms with Gasteiger partial charge in [0.1, 0.15) is 11.5 Å². The minimum atomic E-state index is 0.109. The molecule has 0 spiro atoms. The van der Waals surface area contributed by atoms with Gasteiger partial charge in [0.2, 0.25) is 0 Å². The molecule has 2 aliphatic rings. The monoisotopic (exact) mass is 499 g/mol. The Balaban J connectivity index is 1.34. The van der Waals surface area contributed by atoms with Crippen LogP contribution in [-0.2, 0) is 0 Å². The van der Waals surface area contributed by atoms with Crippen LogP contribution < -0.4 is 26.0 Å². The Bertz CT molecular complexity index is 1920. The van der Waals surface area contributed by atoms with Gasteiger partial charge >= 0.3 is 0 Å². The maximum atomic E-state index is 6.72. The summed E-state index contributed by atoms with van der Waals surface area (Å²) in [7, 11) is 0. The largest absolute Gasteiger partial charge is 0.458 e. The van der Waals surface area contributed by atoms with Crippen LogP contribution >= 0.6 is 0 Å². The standard InChI is InChI=1S/C36H26BNO/c1-23-13-17-27(18-14-23)38-32-20-15-24(2)21-31(32)37-30-19-16-26(29-10-5-8-25-7-3-4-9-28(25)29)22-35(30)39-34-12-6-11-33(38)36(34)37/h3-22H,1-2H3. The van der Waals surface area contributed by atoms with Gasteiger partial charge in [-0.3, -0.25) is 0 Å². The van der Waals surface area contributed by atoms with E-state index in [0.717, 1.165) is 17.2 Å². The lowest BCUT2D eigenvalue weighted by Gasteiger charge is -2.40. The zero-order valence-corrected chi connectivity index (χ0v) is 22.0. The van der Waals surface area contributed by atoms with Gasteiger partial charge in [-0.1, -0.05) is 96.1 Å². The third-order valence-corrected chi connectivity index (χ3v) is 8.24. The van der Waals surface area contributed by atoms with E-state index in [0.29, 0.717) is 0 Å². The van der Waals surface area contributed by atoms with Crippen molar-refractivity contribution in [1.82, 2.24) is 0 Å². The van der Waals surface area contributed by atoms with Crippen LogP contribution in [0.4, 0.5) is 17.1 Å². The maximum Gasteiger partial charge on any atom is 0.256 e. The van der Waals surface area contributed by atoms with E-state index in [1.807, 2.05) is 0 Å². The third-order valence-electron chi connectivity index (χ3n) is 8.24. The van der Waals surface area contributed by atoms with E-state index >= 15 is 0 Å². The Morgan fingerprint density at radius 3 is 2.28 bits per heavy atom. The molecule has 0 unspecified atom stereocenters. The molecule has 0 aromatic heterocycles. The molecular weight excluding hydrogens is 473 g/mol. The van der Waals surface area contributed by atoms with E-state index in [2.05, 4.69) is 140 Å². The third kappa shape index (κ3) is 3.36. The molecule has 0 N–H and O–H groups in total. The molecule has 8 rings (SSSR count). The molecule has 3 heteroatoms. The summed E-state index contributed by atoms with van der Waals surface area (Å²) in [6.45, 7) is 4.43. The fourth-order valence-electron chi connectivity index (χ4n) is 6.42. The number of rotatable bonds is 2. The first-order chi connectivity index (χ1) is 19.2. The normalized spacial score (nSPS) is 13.0. The molecule has 0 aliphatic carbocycles. The van der Waals surface area contributed by atoms with E-state index in [-0.39, 0.29) is 6.71 Å². The van der Waals surface area contributed by atoms with Crippen molar-refractivity contribution >= 4 is 50.9 Å². The Kier molecular flexibility index (Phi) is 4.78. The highest BCUT2D eigenvalue weighted by Gasteiger charge is 2.41. The van der Waals surface area contributed by atoms with Crippen molar-refractivity contribution in [2.75, 3.05) is 4.90 Å². The van der Waals surface area contributed by atoms with Gasteiger partial charge in [-0.05, 0) is 88.5 Å². The smallest absolute Gasteiger partial charge is 0.256 e. The summed E-state index contributed by atoms with van der Waals surface area (Å²) < 4.78 is 6.72. The van der Waals surface area contributed by atoms with Gasteiger partial charge in [0.05, 0.1) is 0 Å². The first-order valence-corrected chi connectivity index (χ1v) is 13.6. The summed E-state index contributed by atoms with van der Waals surface area (Å²) in [5.41, 5.74) is 12.3. The van der Waals surface area contributed by atoms with Gasteiger partial charge < -0.3 is 9.64 Å². The fraction of sp³-hybridized carbons (Fsp3) is 0.0556.